The smallest absolute Gasteiger partial charge is 0.0937 e. The minimum absolute atomic E-state index is 0.512. The lowest BCUT2D eigenvalue weighted by molar-refractivity contribution is 0.371. The Hall–Kier alpha value is -0.530. The van der Waals surface area contributed by atoms with E-state index in [0.29, 0.717) is 5.41 Å². The third-order valence-electron chi connectivity index (χ3n) is 3.22. The Morgan fingerprint density at radius 3 is 2.46 bits per heavy atom. The van der Waals surface area contributed by atoms with Crippen molar-refractivity contribution in [3.63, 3.8) is 0 Å². The topological polar surface area (TPSA) is 38.4 Å². The summed E-state index contributed by atoms with van der Waals surface area (Å²) in [5.41, 5.74) is 6.28. The van der Waals surface area contributed by atoms with Gasteiger partial charge in [0.15, 0.2) is 0 Å². The molecule has 1 rings (SSSR count). The summed E-state index contributed by atoms with van der Waals surface area (Å²) in [6, 6.07) is 0. The Bertz CT molecular complexity index is 190. The molecule has 1 aliphatic rings. The van der Waals surface area contributed by atoms with Crippen molar-refractivity contribution in [3.8, 4) is 0 Å². The van der Waals surface area contributed by atoms with Gasteiger partial charge in [-0.05, 0) is 30.6 Å². The van der Waals surface area contributed by atoms with Gasteiger partial charge in [0.25, 0.3) is 0 Å². The summed E-state index contributed by atoms with van der Waals surface area (Å²) in [4.78, 5) is 4.46. The van der Waals surface area contributed by atoms with E-state index in [1.807, 2.05) is 0 Å². The van der Waals surface area contributed by atoms with Crippen LogP contribution in [0.4, 0.5) is 0 Å². The van der Waals surface area contributed by atoms with E-state index in [4.69, 9.17) is 5.73 Å². The molecule has 2 nitrogen and oxygen atoms in total. The molecule has 0 aromatic heterocycles. The predicted octanol–water partition coefficient (Wildman–Crippen LogP) is 2.58. The van der Waals surface area contributed by atoms with Crippen LogP contribution in [0, 0.1) is 11.3 Å². The number of nitrogens with zero attached hydrogens (tertiary/aromatic N) is 1. The highest BCUT2D eigenvalue weighted by atomic mass is 14.9. The van der Waals surface area contributed by atoms with Gasteiger partial charge < -0.3 is 5.73 Å². The van der Waals surface area contributed by atoms with Gasteiger partial charge in [-0.3, -0.25) is 4.99 Å². The van der Waals surface area contributed by atoms with Crippen LogP contribution in [-0.2, 0) is 0 Å². The Morgan fingerprint density at radius 1 is 1.46 bits per heavy atom. The fourth-order valence-corrected chi connectivity index (χ4v) is 1.67. The van der Waals surface area contributed by atoms with E-state index in [-0.39, 0.29) is 0 Å². The van der Waals surface area contributed by atoms with Gasteiger partial charge in [0.2, 0.25) is 0 Å². The van der Waals surface area contributed by atoms with E-state index in [1.54, 1.807) is 0 Å². The fraction of sp³-hybridized carbons (Fsp3) is 0.909. The number of aliphatic imine (C=N–C) groups is 1. The van der Waals surface area contributed by atoms with Crippen molar-refractivity contribution in [1.82, 2.24) is 0 Å². The van der Waals surface area contributed by atoms with Gasteiger partial charge in [0.05, 0.1) is 5.84 Å². The summed E-state index contributed by atoms with van der Waals surface area (Å²) in [5.74, 6) is 1.60. The molecule has 0 radical (unpaired) electrons. The van der Waals surface area contributed by atoms with Gasteiger partial charge in [-0.15, -0.1) is 0 Å². The maximum Gasteiger partial charge on any atom is 0.0937 e. The van der Waals surface area contributed by atoms with Crippen molar-refractivity contribution >= 4 is 5.84 Å². The first-order chi connectivity index (χ1) is 6.10. The zero-order valence-electron chi connectivity index (χ0n) is 9.14. The van der Waals surface area contributed by atoms with E-state index >= 15 is 0 Å². The molecule has 0 amide bonds. The second-order valence-electron chi connectivity index (χ2n) is 4.57. The van der Waals surface area contributed by atoms with Gasteiger partial charge in [-0.2, -0.15) is 0 Å². The summed E-state index contributed by atoms with van der Waals surface area (Å²) in [6.07, 6.45) is 4.74. The van der Waals surface area contributed by atoms with Crippen LogP contribution in [0.2, 0.25) is 0 Å². The minimum Gasteiger partial charge on any atom is -0.387 e. The Labute approximate surface area is 81.6 Å². The van der Waals surface area contributed by atoms with Gasteiger partial charge in [-0.25, -0.2) is 0 Å². The second-order valence-corrected chi connectivity index (χ2v) is 4.57. The van der Waals surface area contributed by atoms with Crippen molar-refractivity contribution in [1.29, 1.82) is 0 Å². The van der Waals surface area contributed by atoms with Crippen molar-refractivity contribution < 1.29 is 0 Å². The van der Waals surface area contributed by atoms with E-state index in [2.05, 4.69) is 25.8 Å². The van der Waals surface area contributed by atoms with E-state index in [9.17, 15) is 0 Å². The number of hydrogen-bond donors (Lipinski definition) is 1. The van der Waals surface area contributed by atoms with Gasteiger partial charge in [0, 0.05) is 13.0 Å². The van der Waals surface area contributed by atoms with Crippen LogP contribution in [0.25, 0.3) is 0 Å². The van der Waals surface area contributed by atoms with Crippen LogP contribution in [0.15, 0.2) is 4.99 Å². The highest BCUT2D eigenvalue weighted by molar-refractivity contribution is 5.80. The molecule has 0 aromatic carbocycles. The molecule has 0 heterocycles. The van der Waals surface area contributed by atoms with Crippen LogP contribution in [0.3, 0.4) is 0 Å². The average Bonchev–Trinajstić information content (AvgIpc) is 2.82. The highest BCUT2D eigenvalue weighted by Crippen LogP contribution is 2.51. The van der Waals surface area contributed by atoms with Crippen LogP contribution >= 0.6 is 0 Å². The lowest BCUT2D eigenvalue weighted by Gasteiger charge is -2.16. The molecule has 76 valence electrons. The third-order valence-corrected chi connectivity index (χ3v) is 3.22. The van der Waals surface area contributed by atoms with Gasteiger partial charge in [-0.1, -0.05) is 20.8 Å². The number of rotatable bonds is 5. The normalized spacial score (nSPS) is 20.8. The molecule has 0 saturated heterocycles. The summed E-state index contributed by atoms with van der Waals surface area (Å²) >= 11 is 0. The Morgan fingerprint density at radius 2 is 2.08 bits per heavy atom. The third kappa shape index (κ3) is 2.71. The quantitative estimate of drug-likeness (QED) is 0.515. The molecule has 0 aromatic rings. The maximum atomic E-state index is 5.77. The number of nitrogens with two attached hydrogens (primary N) is 1. The molecule has 0 bridgehead atoms. The summed E-state index contributed by atoms with van der Waals surface area (Å²) in [5, 5.41) is 0. The minimum atomic E-state index is 0.512. The Balaban J connectivity index is 2.37. The molecule has 1 fully saturated rings. The molecule has 1 saturated carbocycles. The average molecular weight is 182 g/mol. The maximum absolute atomic E-state index is 5.77. The SMILES string of the molecule is CCCC(N)=NCC1(C(C)C)CC1. The Kier molecular flexibility index (Phi) is 3.34. The molecule has 0 spiro atoms. The summed E-state index contributed by atoms with van der Waals surface area (Å²) in [7, 11) is 0. The van der Waals surface area contributed by atoms with Crippen molar-refractivity contribution in [2.75, 3.05) is 6.54 Å². The molecule has 0 atom stereocenters. The molecule has 13 heavy (non-hydrogen) atoms. The number of amidine groups is 1. The summed E-state index contributed by atoms with van der Waals surface area (Å²) < 4.78 is 0. The summed E-state index contributed by atoms with van der Waals surface area (Å²) in [6.45, 7) is 7.67. The van der Waals surface area contributed by atoms with E-state index < -0.39 is 0 Å². The lowest BCUT2D eigenvalue weighted by atomic mass is 9.93. The second kappa shape index (κ2) is 4.12. The molecule has 2 N–H and O–H groups in total. The highest BCUT2D eigenvalue weighted by Gasteiger charge is 2.44. The van der Waals surface area contributed by atoms with Gasteiger partial charge >= 0.3 is 0 Å². The first-order valence-electron chi connectivity index (χ1n) is 5.39. The molecule has 2 heteroatoms. The zero-order valence-corrected chi connectivity index (χ0v) is 9.14. The molecule has 0 unspecified atom stereocenters. The van der Waals surface area contributed by atoms with Crippen molar-refractivity contribution in [2.24, 2.45) is 22.1 Å². The van der Waals surface area contributed by atoms with Crippen molar-refractivity contribution in [3.05, 3.63) is 0 Å². The number of hydrogen-bond acceptors (Lipinski definition) is 1. The van der Waals surface area contributed by atoms with Gasteiger partial charge in [0.1, 0.15) is 0 Å². The fourth-order valence-electron chi connectivity index (χ4n) is 1.67. The van der Waals surface area contributed by atoms with Crippen molar-refractivity contribution in [2.45, 2.75) is 46.5 Å². The van der Waals surface area contributed by atoms with Crippen LogP contribution in [-0.4, -0.2) is 12.4 Å². The molecule has 1 aliphatic carbocycles. The van der Waals surface area contributed by atoms with E-state index in [0.717, 1.165) is 31.1 Å². The van der Waals surface area contributed by atoms with Crippen LogP contribution < -0.4 is 5.73 Å². The first-order valence-corrected chi connectivity index (χ1v) is 5.39. The first kappa shape index (κ1) is 10.6. The van der Waals surface area contributed by atoms with Crippen LogP contribution in [0.1, 0.15) is 46.5 Å². The molecular formula is C11H22N2. The largest absolute Gasteiger partial charge is 0.387 e. The lowest BCUT2D eigenvalue weighted by Crippen LogP contribution is -2.18. The molecular weight excluding hydrogens is 160 g/mol. The molecule has 0 aliphatic heterocycles. The monoisotopic (exact) mass is 182 g/mol. The predicted molar refractivity (Wildman–Crippen MR) is 57.9 cm³/mol. The standard InChI is InChI=1S/C11H22N2/c1-4-5-10(12)13-8-11(6-7-11)9(2)3/h9H,4-8H2,1-3H3,(H2,12,13). The van der Waals surface area contributed by atoms with Crippen LogP contribution in [0.5, 0.6) is 0 Å². The van der Waals surface area contributed by atoms with E-state index in [1.165, 1.54) is 12.8 Å². The zero-order chi connectivity index (χ0) is 9.90.